The summed E-state index contributed by atoms with van der Waals surface area (Å²) in [6, 6.07) is 11.6. The van der Waals surface area contributed by atoms with Gasteiger partial charge in [-0.3, -0.25) is 0 Å². The lowest BCUT2D eigenvalue weighted by Gasteiger charge is -2.16. The normalized spacial score (nSPS) is 12.2. The molecular weight excluding hydrogens is 417 g/mol. The van der Waals surface area contributed by atoms with E-state index >= 15 is 0 Å². The van der Waals surface area contributed by atoms with Gasteiger partial charge in [-0.05, 0) is 58.6 Å². The number of nitrogens with two attached hydrogens (primary N) is 1. The average molecular weight is 434 g/mol. The van der Waals surface area contributed by atoms with Crippen molar-refractivity contribution in [3.8, 4) is 11.5 Å². The highest BCUT2D eigenvalue weighted by molar-refractivity contribution is 9.11. The molecule has 5 heteroatoms. The van der Waals surface area contributed by atoms with Crippen molar-refractivity contribution in [1.29, 1.82) is 0 Å². The minimum absolute atomic E-state index is 0.0965. The third kappa shape index (κ3) is 4.46. The zero-order valence-electron chi connectivity index (χ0n) is 11.6. The highest BCUT2D eigenvalue weighted by Gasteiger charge is 2.13. The molecule has 0 aliphatic carbocycles. The van der Waals surface area contributed by atoms with Crippen LogP contribution in [-0.2, 0) is 6.42 Å². The molecule has 0 saturated carbocycles. The number of rotatable bonds is 5. The van der Waals surface area contributed by atoms with Crippen LogP contribution in [0.2, 0.25) is 5.02 Å². The van der Waals surface area contributed by atoms with Crippen molar-refractivity contribution in [1.82, 2.24) is 0 Å². The fourth-order valence-electron chi connectivity index (χ4n) is 1.92. The molecule has 0 radical (unpaired) electrons. The third-order valence-electron chi connectivity index (χ3n) is 3.16. The van der Waals surface area contributed by atoms with E-state index in [2.05, 4.69) is 38.8 Å². The Morgan fingerprint density at radius 1 is 1.24 bits per heavy atom. The van der Waals surface area contributed by atoms with Crippen molar-refractivity contribution < 1.29 is 4.74 Å². The van der Waals surface area contributed by atoms with E-state index in [1.807, 2.05) is 36.4 Å². The number of hydrogen-bond donors (Lipinski definition) is 1. The van der Waals surface area contributed by atoms with Gasteiger partial charge in [0.1, 0.15) is 11.5 Å². The first-order valence-electron chi connectivity index (χ1n) is 6.67. The molecule has 2 aromatic carbocycles. The Morgan fingerprint density at radius 3 is 2.67 bits per heavy atom. The maximum absolute atomic E-state index is 6.30. The largest absolute Gasteiger partial charge is 0.454 e. The lowest BCUT2D eigenvalue weighted by atomic mass is 10.0. The van der Waals surface area contributed by atoms with Crippen molar-refractivity contribution in [3.05, 3.63) is 55.9 Å². The Labute approximate surface area is 146 Å². The minimum Gasteiger partial charge on any atom is -0.454 e. The molecule has 1 atom stereocenters. The van der Waals surface area contributed by atoms with Gasteiger partial charge in [-0.1, -0.05) is 46.6 Å². The molecule has 0 amide bonds. The fraction of sp³-hybridized carbons (Fsp3) is 0.250. The molecule has 0 heterocycles. The second kappa shape index (κ2) is 7.63. The van der Waals surface area contributed by atoms with E-state index in [0.717, 1.165) is 33.1 Å². The van der Waals surface area contributed by atoms with Gasteiger partial charge in [-0.15, -0.1) is 0 Å². The van der Waals surface area contributed by atoms with Gasteiger partial charge in [0.25, 0.3) is 0 Å². The minimum atomic E-state index is 0.0965. The molecule has 0 aliphatic rings. The van der Waals surface area contributed by atoms with Crippen LogP contribution in [0.4, 0.5) is 0 Å². The lowest BCUT2D eigenvalue weighted by molar-refractivity contribution is 0.469. The summed E-state index contributed by atoms with van der Waals surface area (Å²) in [7, 11) is 0. The molecule has 1 unspecified atom stereocenters. The lowest BCUT2D eigenvalue weighted by Crippen LogP contribution is -2.21. The van der Waals surface area contributed by atoms with Gasteiger partial charge >= 0.3 is 0 Å². The Bertz CT molecular complexity index is 634. The Morgan fingerprint density at radius 2 is 2.00 bits per heavy atom. The van der Waals surface area contributed by atoms with E-state index in [1.54, 1.807) is 0 Å². The molecule has 2 rings (SSSR count). The smallest absolute Gasteiger partial charge is 0.149 e. The molecule has 21 heavy (non-hydrogen) atoms. The van der Waals surface area contributed by atoms with E-state index < -0.39 is 0 Å². The van der Waals surface area contributed by atoms with Crippen LogP contribution in [0.15, 0.2) is 45.3 Å². The van der Waals surface area contributed by atoms with Gasteiger partial charge in [-0.2, -0.15) is 0 Å². The molecule has 112 valence electrons. The summed E-state index contributed by atoms with van der Waals surface area (Å²) in [5.41, 5.74) is 7.07. The third-order valence-corrected chi connectivity index (χ3v) is 4.57. The number of benzene rings is 2. The van der Waals surface area contributed by atoms with Crippen molar-refractivity contribution >= 4 is 43.5 Å². The van der Waals surface area contributed by atoms with Crippen LogP contribution in [-0.4, -0.2) is 6.04 Å². The first-order chi connectivity index (χ1) is 10.0. The summed E-state index contributed by atoms with van der Waals surface area (Å²) in [6.07, 6.45) is 1.65. The average Bonchev–Trinajstić information content (AvgIpc) is 2.44. The zero-order chi connectivity index (χ0) is 15.4. The van der Waals surface area contributed by atoms with Crippen LogP contribution < -0.4 is 10.5 Å². The Balaban J connectivity index is 2.34. The molecule has 0 bridgehead atoms. The maximum atomic E-state index is 6.30. The van der Waals surface area contributed by atoms with Gasteiger partial charge in [0, 0.05) is 10.5 Å². The number of para-hydroxylation sites is 1. The van der Waals surface area contributed by atoms with Crippen LogP contribution in [0.5, 0.6) is 11.5 Å². The molecule has 2 N–H and O–H groups in total. The molecule has 0 fully saturated rings. The number of ether oxygens (including phenoxy) is 1. The second-order valence-electron chi connectivity index (χ2n) is 4.78. The molecule has 2 nitrogen and oxygen atoms in total. The highest BCUT2D eigenvalue weighted by atomic mass is 79.9. The van der Waals surface area contributed by atoms with Crippen LogP contribution >= 0.6 is 43.5 Å². The summed E-state index contributed by atoms with van der Waals surface area (Å²) in [5.74, 6) is 1.39. The van der Waals surface area contributed by atoms with Gasteiger partial charge in [-0.25, -0.2) is 0 Å². The van der Waals surface area contributed by atoms with Crippen LogP contribution in [0, 0.1) is 0 Å². The Hall–Kier alpha value is -0.550. The van der Waals surface area contributed by atoms with Gasteiger partial charge in [0.15, 0.2) is 0 Å². The predicted octanol–water partition coefficient (Wildman–Crippen LogP) is 5.94. The van der Waals surface area contributed by atoms with Crippen LogP contribution in [0.25, 0.3) is 0 Å². The quantitative estimate of drug-likeness (QED) is 0.634. The van der Waals surface area contributed by atoms with Gasteiger partial charge in [0.2, 0.25) is 0 Å². The molecular formula is C16H16Br2ClNO. The SMILES string of the molecule is CCC(N)Cc1cccc(Cl)c1Oc1ccc(Br)cc1Br. The summed E-state index contributed by atoms with van der Waals surface area (Å²) < 4.78 is 7.86. The maximum Gasteiger partial charge on any atom is 0.149 e. The zero-order valence-corrected chi connectivity index (χ0v) is 15.5. The van der Waals surface area contributed by atoms with E-state index in [0.29, 0.717) is 10.8 Å². The number of halogens is 3. The van der Waals surface area contributed by atoms with Crippen LogP contribution in [0.3, 0.4) is 0 Å². The predicted molar refractivity (Wildman–Crippen MR) is 95.3 cm³/mol. The molecule has 0 spiro atoms. The van der Waals surface area contributed by atoms with E-state index in [4.69, 9.17) is 22.1 Å². The first kappa shape index (κ1) is 16.8. The van der Waals surface area contributed by atoms with Crippen molar-refractivity contribution in [2.75, 3.05) is 0 Å². The summed E-state index contributed by atoms with van der Waals surface area (Å²) in [6.45, 7) is 2.07. The molecule has 0 aromatic heterocycles. The topological polar surface area (TPSA) is 35.2 Å². The number of hydrogen-bond acceptors (Lipinski definition) is 2. The molecule has 0 saturated heterocycles. The standard InChI is InChI=1S/C16H16Br2ClNO/c1-2-12(20)8-10-4-3-5-14(19)16(10)21-15-7-6-11(17)9-13(15)18/h3-7,9,12H,2,8,20H2,1H3. The fourth-order valence-corrected chi connectivity index (χ4v) is 3.28. The van der Waals surface area contributed by atoms with Gasteiger partial charge < -0.3 is 10.5 Å². The van der Waals surface area contributed by atoms with E-state index in [-0.39, 0.29) is 6.04 Å². The molecule has 0 aliphatic heterocycles. The monoisotopic (exact) mass is 431 g/mol. The van der Waals surface area contributed by atoms with Crippen molar-refractivity contribution in [3.63, 3.8) is 0 Å². The second-order valence-corrected chi connectivity index (χ2v) is 6.95. The van der Waals surface area contributed by atoms with Gasteiger partial charge in [0.05, 0.1) is 9.50 Å². The van der Waals surface area contributed by atoms with Crippen molar-refractivity contribution in [2.24, 2.45) is 5.73 Å². The molecule has 2 aromatic rings. The highest BCUT2D eigenvalue weighted by Crippen LogP contribution is 2.37. The van der Waals surface area contributed by atoms with E-state index in [1.165, 1.54) is 0 Å². The summed E-state index contributed by atoms with van der Waals surface area (Å²) in [5, 5.41) is 0.589. The van der Waals surface area contributed by atoms with Crippen LogP contribution in [0.1, 0.15) is 18.9 Å². The van der Waals surface area contributed by atoms with E-state index in [9.17, 15) is 0 Å². The summed E-state index contributed by atoms with van der Waals surface area (Å²) >= 11 is 13.2. The Kier molecular flexibility index (Phi) is 6.11. The summed E-state index contributed by atoms with van der Waals surface area (Å²) in [4.78, 5) is 0. The first-order valence-corrected chi connectivity index (χ1v) is 8.63. The van der Waals surface area contributed by atoms with Crippen molar-refractivity contribution in [2.45, 2.75) is 25.8 Å².